The molecule has 0 aromatic heterocycles. The van der Waals surface area contributed by atoms with Gasteiger partial charge in [0.1, 0.15) is 5.75 Å². The van der Waals surface area contributed by atoms with Gasteiger partial charge in [0.2, 0.25) is 3.79 Å². The lowest BCUT2D eigenvalue weighted by Gasteiger charge is -2.12. The van der Waals surface area contributed by atoms with E-state index in [-0.39, 0.29) is 5.75 Å². The van der Waals surface area contributed by atoms with Gasteiger partial charge in [-0.15, -0.1) is 0 Å². The first-order valence-corrected chi connectivity index (χ1v) is 5.41. The van der Waals surface area contributed by atoms with E-state index in [1.807, 2.05) is 6.07 Å². The lowest BCUT2D eigenvalue weighted by Crippen LogP contribution is -1.99. The molecule has 0 bridgehead atoms. The lowest BCUT2D eigenvalue weighted by atomic mass is 10.1. The number of rotatable bonds is 0. The Bertz CT molecular complexity index is 503. The van der Waals surface area contributed by atoms with Gasteiger partial charge in [-0.25, -0.2) is 0 Å². The third kappa shape index (κ3) is 2.15. The average Bonchev–Trinajstić information content (AvgIpc) is 2.16. The Balaban J connectivity index is 2.68. The summed E-state index contributed by atoms with van der Waals surface area (Å²) in [6.45, 7) is 0. The highest BCUT2D eigenvalue weighted by Gasteiger charge is 2.22. The van der Waals surface area contributed by atoms with Crippen LogP contribution in [0.4, 0.5) is 0 Å². The molecule has 0 aliphatic rings. The molecule has 0 radical (unpaired) electrons. The summed E-state index contributed by atoms with van der Waals surface area (Å²) in [5, 5.41) is 11.2. The summed E-state index contributed by atoms with van der Waals surface area (Å²) in [7, 11) is 0. The summed E-state index contributed by atoms with van der Waals surface area (Å²) in [5.74, 6) is 0.225. The maximum absolute atomic E-state index is 9.57. The Kier molecular flexibility index (Phi) is 2.72. The average molecular weight is 262 g/mol. The minimum absolute atomic E-state index is 0.225. The van der Waals surface area contributed by atoms with Crippen molar-refractivity contribution in [2.24, 2.45) is 0 Å². The highest BCUT2D eigenvalue weighted by Crippen LogP contribution is 2.39. The van der Waals surface area contributed by atoms with Crippen LogP contribution >= 0.6 is 34.8 Å². The zero-order valence-electron chi connectivity index (χ0n) is 7.55. The minimum atomic E-state index is -1.43. The van der Waals surface area contributed by atoms with Crippen LogP contribution in [0.1, 0.15) is 5.56 Å². The first kappa shape index (κ1) is 10.9. The van der Waals surface area contributed by atoms with Crippen LogP contribution in [0.15, 0.2) is 36.4 Å². The van der Waals surface area contributed by atoms with Crippen LogP contribution < -0.4 is 0 Å². The quantitative estimate of drug-likeness (QED) is 0.698. The molecule has 1 nitrogen and oxygen atoms in total. The molecule has 1 N–H and O–H groups in total. The molecular formula is C11H7Cl3O. The molecule has 2 rings (SSSR count). The highest BCUT2D eigenvalue weighted by molar-refractivity contribution is 6.66. The van der Waals surface area contributed by atoms with Gasteiger partial charge in [0.15, 0.2) is 0 Å². The molecule has 0 spiro atoms. The Labute approximate surface area is 102 Å². The molecule has 0 saturated heterocycles. The van der Waals surface area contributed by atoms with Crippen molar-refractivity contribution >= 4 is 45.6 Å². The summed E-state index contributed by atoms with van der Waals surface area (Å²) in [4.78, 5) is 0. The fourth-order valence-corrected chi connectivity index (χ4v) is 1.80. The second-order valence-electron chi connectivity index (χ2n) is 3.21. The fourth-order valence-electron chi connectivity index (χ4n) is 1.44. The molecule has 2 aromatic carbocycles. The molecule has 0 aliphatic carbocycles. The van der Waals surface area contributed by atoms with Gasteiger partial charge in [0, 0.05) is 10.9 Å². The van der Waals surface area contributed by atoms with Gasteiger partial charge in [-0.2, -0.15) is 0 Å². The number of phenols is 1. The first-order valence-electron chi connectivity index (χ1n) is 4.27. The highest BCUT2D eigenvalue weighted by atomic mass is 35.6. The van der Waals surface area contributed by atoms with E-state index >= 15 is 0 Å². The summed E-state index contributed by atoms with van der Waals surface area (Å²) < 4.78 is -1.43. The molecule has 0 unspecified atom stereocenters. The van der Waals surface area contributed by atoms with E-state index in [0.29, 0.717) is 5.56 Å². The summed E-state index contributed by atoms with van der Waals surface area (Å²) in [6, 6.07) is 10.4. The van der Waals surface area contributed by atoms with Gasteiger partial charge >= 0.3 is 0 Å². The third-order valence-electron chi connectivity index (χ3n) is 2.18. The smallest absolute Gasteiger partial charge is 0.216 e. The van der Waals surface area contributed by atoms with Crippen LogP contribution in [0.5, 0.6) is 5.75 Å². The van der Waals surface area contributed by atoms with E-state index < -0.39 is 3.79 Å². The molecule has 15 heavy (non-hydrogen) atoms. The molecule has 0 fully saturated rings. The van der Waals surface area contributed by atoms with E-state index in [1.54, 1.807) is 30.3 Å². The van der Waals surface area contributed by atoms with Crippen molar-refractivity contribution in [2.75, 3.05) is 0 Å². The molecular weight excluding hydrogens is 254 g/mol. The van der Waals surface area contributed by atoms with Gasteiger partial charge < -0.3 is 5.11 Å². The standard InChI is InChI=1S/C11H7Cl3O/c12-11(13,14)8-4-5-9-7(6-8)2-1-3-10(9)15/h1-6,15H. The van der Waals surface area contributed by atoms with Gasteiger partial charge in [-0.05, 0) is 17.5 Å². The second kappa shape index (κ2) is 3.75. The van der Waals surface area contributed by atoms with Crippen LogP contribution in [-0.2, 0) is 3.79 Å². The van der Waals surface area contributed by atoms with Crippen molar-refractivity contribution < 1.29 is 5.11 Å². The summed E-state index contributed by atoms with van der Waals surface area (Å²) in [6.07, 6.45) is 0. The van der Waals surface area contributed by atoms with Crippen LogP contribution in [0.3, 0.4) is 0 Å². The largest absolute Gasteiger partial charge is 0.507 e. The maximum atomic E-state index is 9.57. The zero-order valence-corrected chi connectivity index (χ0v) is 9.81. The molecule has 0 amide bonds. The van der Waals surface area contributed by atoms with Gasteiger partial charge in [0.05, 0.1) is 0 Å². The summed E-state index contributed by atoms with van der Waals surface area (Å²) in [5.41, 5.74) is 0.589. The predicted octanol–water partition coefficient (Wildman–Crippen LogP) is 4.37. The SMILES string of the molecule is Oc1cccc2cc(C(Cl)(Cl)Cl)ccc12. The Morgan fingerprint density at radius 2 is 1.73 bits per heavy atom. The van der Waals surface area contributed by atoms with Gasteiger partial charge in [-0.3, -0.25) is 0 Å². The third-order valence-corrected chi connectivity index (χ3v) is 2.84. The zero-order chi connectivity index (χ0) is 11.1. The summed E-state index contributed by atoms with van der Waals surface area (Å²) >= 11 is 17.3. The number of benzene rings is 2. The minimum Gasteiger partial charge on any atom is -0.507 e. The predicted molar refractivity (Wildman–Crippen MR) is 64.8 cm³/mol. The lowest BCUT2D eigenvalue weighted by molar-refractivity contribution is 0.481. The van der Waals surface area contributed by atoms with E-state index in [4.69, 9.17) is 34.8 Å². The van der Waals surface area contributed by atoms with E-state index in [1.165, 1.54) is 0 Å². The number of fused-ring (bicyclic) bond motifs is 1. The van der Waals surface area contributed by atoms with E-state index in [0.717, 1.165) is 10.8 Å². The van der Waals surface area contributed by atoms with Crippen molar-refractivity contribution in [3.8, 4) is 5.75 Å². The van der Waals surface area contributed by atoms with Crippen molar-refractivity contribution in [1.82, 2.24) is 0 Å². The molecule has 78 valence electrons. The Hall–Kier alpha value is -0.630. The van der Waals surface area contributed by atoms with Gasteiger partial charge in [0.25, 0.3) is 0 Å². The first-order chi connectivity index (χ1) is 6.98. The number of hydrogen-bond donors (Lipinski definition) is 1. The van der Waals surface area contributed by atoms with Crippen molar-refractivity contribution in [2.45, 2.75) is 3.79 Å². The Morgan fingerprint density at radius 1 is 1.00 bits per heavy atom. The van der Waals surface area contributed by atoms with E-state index in [9.17, 15) is 5.11 Å². The number of phenolic OH excluding ortho intramolecular Hbond substituents is 1. The number of aromatic hydroxyl groups is 1. The topological polar surface area (TPSA) is 20.2 Å². The molecule has 0 saturated carbocycles. The number of alkyl halides is 3. The maximum Gasteiger partial charge on any atom is 0.216 e. The van der Waals surface area contributed by atoms with E-state index in [2.05, 4.69) is 0 Å². The number of hydrogen-bond acceptors (Lipinski definition) is 1. The normalized spacial score (nSPS) is 11.9. The monoisotopic (exact) mass is 260 g/mol. The van der Waals surface area contributed by atoms with Gasteiger partial charge in [-0.1, -0.05) is 59.1 Å². The Morgan fingerprint density at radius 3 is 2.40 bits per heavy atom. The molecule has 4 heteroatoms. The van der Waals surface area contributed by atoms with Crippen molar-refractivity contribution in [3.05, 3.63) is 42.0 Å². The molecule has 2 aromatic rings. The van der Waals surface area contributed by atoms with Crippen LogP contribution in [0.25, 0.3) is 10.8 Å². The fraction of sp³-hybridized carbons (Fsp3) is 0.0909. The van der Waals surface area contributed by atoms with Crippen LogP contribution in [0, 0.1) is 0 Å². The van der Waals surface area contributed by atoms with Crippen LogP contribution in [0.2, 0.25) is 0 Å². The van der Waals surface area contributed by atoms with Crippen molar-refractivity contribution in [3.63, 3.8) is 0 Å². The number of halogens is 3. The molecule has 0 heterocycles. The molecule has 0 aliphatic heterocycles. The second-order valence-corrected chi connectivity index (χ2v) is 5.49. The van der Waals surface area contributed by atoms with Crippen molar-refractivity contribution in [1.29, 1.82) is 0 Å². The molecule has 0 atom stereocenters. The van der Waals surface area contributed by atoms with Crippen LogP contribution in [-0.4, -0.2) is 5.11 Å².